The van der Waals surface area contributed by atoms with Gasteiger partial charge in [0.15, 0.2) is 0 Å². The van der Waals surface area contributed by atoms with Crippen LogP contribution < -0.4 is 0 Å². The Kier molecular flexibility index (Phi) is 5.42. The minimum Gasteiger partial charge on any atom is -0.393 e. The number of Topliss-reactive ketones (excluding diaryl/α,β-unsaturated/α-hetero) is 1. The Hall–Kier alpha value is -0.450. The van der Waals surface area contributed by atoms with Crippen LogP contribution in [0.4, 0.5) is 0 Å². The Morgan fingerprint density at radius 3 is 2.15 bits per heavy atom. The lowest BCUT2D eigenvalue weighted by molar-refractivity contribution is -0.235. The van der Waals surface area contributed by atoms with Gasteiger partial charge in [-0.05, 0) is 112 Å². The molecule has 10 atom stereocenters. The standard InChI is InChI=1S/C30H50O4/c1-25(2)20-10-15-28(6)21(27(20,5)13-11-22(25)32)17-19(31)24-18(9-14-29(24,28)7)30(8)16-12-23(34-30)26(3,4)33/h18-21,23-24,31,33H,9-17H2,1-8H3/t18-,19+,20-,21+,23+,24-,27-,28+,29+,30-/m0/s1. The van der Waals surface area contributed by atoms with Crippen molar-refractivity contribution < 1.29 is 19.7 Å². The second kappa shape index (κ2) is 7.32. The summed E-state index contributed by atoms with van der Waals surface area (Å²) in [6.07, 6.45) is 8.43. The van der Waals surface area contributed by atoms with Gasteiger partial charge in [0.1, 0.15) is 5.78 Å². The third-order valence-electron chi connectivity index (χ3n) is 13.0. The molecule has 1 saturated heterocycles. The number of aliphatic hydroxyl groups is 2. The van der Waals surface area contributed by atoms with Crippen LogP contribution in [0.2, 0.25) is 0 Å². The number of aliphatic hydroxyl groups excluding tert-OH is 1. The van der Waals surface area contributed by atoms with Gasteiger partial charge in [0.2, 0.25) is 0 Å². The highest BCUT2D eigenvalue weighted by atomic mass is 16.5. The fraction of sp³-hybridized carbons (Fsp3) is 0.967. The van der Waals surface area contributed by atoms with Crippen molar-refractivity contribution in [3.05, 3.63) is 0 Å². The monoisotopic (exact) mass is 474 g/mol. The Balaban J connectivity index is 1.49. The molecule has 34 heavy (non-hydrogen) atoms. The summed E-state index contributed by atoms with van der Waals surface area (Å²) < 4.78 is 6.65. The summed E-state index contributed by atoms with van der Waals surface area (Å²) in [6, 6.07) is 0. The van der Waals surface area contributed by atoms with Crippen molar-refractivity contribution in [3.63, 3.8) is 0 Å². The summed E-state index contributed by atoms with van der Waals surface area (Å²) in [6.45, 7) is 17.8. The first-order chi connectivity index (χ1) is 15.5. The van der Waals surface area contributed by atoms with Crippen molar-refractivity contribution >= 4 is 5.78 Å². The number of ketones is 1. The van der Waals surface area contributed by atoms with Crippen molar-refractivity contribution in [2.75, 3.05) is 0 Å². The van der Waals surface area contributed by atoms with Crippen LogP contribution in [0.1, 0.15) is 113 Å². The van der Waals surface area contributed by atoms with Crippen LogP contribution in [0.15, 0.2) is 0 Å². The van der Waals surface area contributed by atoms with E-state index in [9.17, 15) is 15.0 Å². The molecule has 0 amide bonds. The number of fused-ring (bicyclic) bond motifs is 5. The van der Waals surface area contributed by atoms with E-state index in [1.807, 2.05) is 13.8 Å². The molecule has 1 aliphatic heterocycles. The first-order valence-corrected chi connectivity index (χ1v) is 14.1. The number of ether oxygens (including phenoxy) is 1. The molecule has 4 heteroatoms. The average molecular weight is 475 g/mol. The molecule has 5 fully saturated rings. The molecule has 194 valence electrons. The lowest BCUT2D eigenvalue weighted by Gasteiger charge is -2.69. The molecule has 2 N–H and O–H groups in total. The van der Waals surface area contributed by atoms with Gasteiger partial charge in [-0.2, -0.15) is 0 Å². The summed E-state index contributed by atoms with van der Waals surface area (Å²) in [4.78, 5) is 12.9. The second-order valence-electron chi connectivity index (χ2n) is 15.2. The van der Waals surface area contributed by atoms with Gasteiger partial charge in [-0.25, -0.2) is 0 Å². The van der Waals surface area contributed by atoms with E-state index < -0.39 is 5.60 Å². The molecule has 0 spiro atoms. The van der Waals surface area contributed by atoms with Crippen LogP contribution in [0.25, 0.3) is 0 Å². The second-order valence-corrected chi connectivity index (χ2v) is 15.2. The van der Waals surface area contributed by atoms with E-state index in [-0.39, 0.29) is 45.4 Å². The van der Waals surface area contributed by atoms with Gasteiger partial charge in [0.05, 0.1) is 23.4 Å². The third-order valence-corrected chi connectivity index (χ3v) is 13.0. The molecule has 0 bridgehead atoms. The predicted octanol–water partition coefficient (Wildman–Crippen LogP) is 5.92. The fourth-order valence-electron chi connectivity index (χ4n) is 10.9. The quantitative estimate of drug-likeness (QED) is 0.521. The maximum Gasteiger partial charge on any atom is 0.138 e. The van der Waals surface area contributed by atoms with Gasteiger partial charge in [-0.15, -0.1) is 0 Å². The molecule has 4 saturated carbocycles. The highest BCUT2D eigenvalue weighted by Crippen LogP contribution is 2.75. The van der Waals surface area contributed by atoms with Gasteiger partial charge in [-0.1, -0.05) is 34.6 Å². The zero-order chi connectivity index (χ0) is 25.1. The predicted molar refractivity (Wildman–Crippen MR) is 134 cm³/mol. The molecule has 0 aromatic rings. The van der Waals surface area contributed by atoms with E-state index in [2.05, 4.69) is 41.5 Å². The van der Waals surface area contributed by atoms with E-state index in [1.54, 1.807) is 0 Å². The van der Waals surface area contributed by atoms with Crippen LogP contribution in [-0.2, 0) is 9.53 Å². The highest BCUT2D eigenvalue weighted by Gasteiger charge is 2.71. The molecular weight excluding hydrogens is 424 g/mol. The normalized spacial score (nSPS) is 54.9. The lowest BCUT2D eigenvalue weighted by Crippen LogP contribution is -2.66. The molecule has 4 nitrogen and oxygen atoms in total. The van der Waals surface area contributed by atoms with Gasteiger partial charge in [0, 0.05) is 11.8 Å². The fourth-order valence-corrected chi connectivity index (χ4v) is 10.9. The molecule has 4 aliphatic carbocycles. The SMILES string of the molecule is CC(C)(O)[C@H]1CC[C@@](C)([C@H]2CC[C@]3(C)[C@@H]2[C@H](O)C[C@@H]2[C@@]4(C)CCC(=O)C(C)(C)[C@@H]4CC[C@]23C)O1. The van der Waals surface area contributed by atoms with Crippen LogP contribution in [-0.4, -0.2) is 39.4 Å². The molecule has 0 aromatic carbocycles. The summed E-state index contributed by atoms with van der Waals surface area (Å²) in [5.41, 5.74) is -1.03. The zero-order valence-corrected chi connectivity index (χ0v) is 23.0. The van der Waals surface area contributed by atoms with E-state index >= 15 is 0 Å². The van der Waals surface area contributed by atoms with Crippen molar-refractivity contribution in [2.45, 2.75) is 137 Å². The van der Waals surface area contributed by atoms with Crippen molar-refractivity contribution in [1.29, 1.82) is 0 Å². The molecule has 0 aromatic heterocycles. The average Bonchev–Trinajstić information content (AvgIpc) is 3.30. The minimum atomic E-state index is -0.833. The van der Waals surface area contributed by atoms with Crippen LogP contribution in [0, 0.1) is 45.3 Å². The smallest absolute Gasteiger partial charge is 0.138 e. The van der Waals surface area contributed by atoms with E-state index in [1.165, 1.54) is 0 Å². The zero-order valence-electron chi connectivity index (χ0n) is 23.0. The van der Waals surface area contributed by atoms with Gasteiger partial charge in [0.25, 0.3) is 0 Å². The molecule has 0 radical (unpaired) electrons. The van der Waals surface area contributed by atoms with Crippen LogP contribution in [0.3, 0.4) is 0 Å². The number of hydrogen-bond donors (Lipinski definition) is 2. The maximum absolute atomic E-state index is 12.9. The van der Waals surface area contributed by atoms with Crippen molar-refractivity contribution in [3.8, 4) is 0 Å². The molecule has 5 aliphatic rings. The van der Waals surface area contributed by atoms with E-state index in [0.717, 1.165) is 51.4 Å². The summed E-state index contributed by atoms with van der Waals surface area (Å²) in [5.74, 6) is 1.85. The Labute approximate surface area is 207 Å². The lowest BCUT2D eigenvalue weighted by atomic mass is 9.35. The first kappa shape index (κ1) is 25.2. The van der Waals surface area contributed by atoms with Crippen molar-refractivity contribution in [2.24, 2.45) is 45.3 Å². The topological polar surface area (TPSA) is 66.8 Å². The molecule has 1 heterocycles. The van der Waals surface area contributed by atoms with Gasteiger partial charge < -0.3 is 14.9 Å². The van der Waals surface area contributed by atoms with Gasteiger partial charge >= 0.3 is 0 Å². The van der Waals surface area contributed by atoms with Crippen LogP contribution >= 0.6 is 0 Å². The van der Waals surface area contributed by atoms with E-state index in [0.29, 0.717) is 30.0 Å². The van der Waals surface area contributed by atoms with Gasteiger partial charge in [-0.3, -0.25) is 4.79 Å². The Morgan fingerprint density at radius 1 is 0.882 bits per heavy atom. The summed E-state index contributed by atoms with van der Waals surface area (Å²) in [7, 11) is 0. The largest absolute Gasteiger partial charge is 0.393 e. The number of carbonyl (C=O) groups excluding carboxylic acids is 1. The number of rotatable bonds is 2. The highest BCUT2D eigenvalue weighted by molar-refractivity contribution is 5.85. The van der Waals surface area contributed by atoms with E-state index in [4.69, 9.17) is 4.74 Å². The number of hydrogen-bond acceptors (Lipinski definition) is 4. The number of carbonyl (C=O) groups is 1. The third kappa shape index (κ3) is 3.09. The molecule has 5 rings (SSSR count). The Morgan fingerprint density at radius 2 is 1.53 bits per heavy atom. The Bertz CT molecular complexity index is 858. The summed E-state index contributed by atoms with van der Waals surface area (Å²) in [5, 5.41) is 22.5. The molecular formula is C30H50O4. The first-order valence-electron chi connectivity index (χ1n) is 14.1. The van der Waals surface area contributed by atoms with Crippen molar-refractivity contribution in [1.82, 2.24) is 0 Å². The van der Waals surface area contributed by atoms with Crippen LogP contribution in [0.5, 0.6) is 0 Å². The summed E-state index contributed by atoms with van der Waals surface area (Å²) >= 11 is 0. The maximum atomic E-state index is 12.9. The molecule has 0 unspecified atom stereocenters. The minimum absolute atomic E-state index is 0.0682.